The zero-order chi connectivity index (χ0) is 49.7. The molecule has 0 radical (unpaired) electrons. The van der Waals surface area contributed by atoms with Crippen molar-refractivity contribution in [2.24, 2.45) is 0 Å². The molecule has 6 atom stereocenters. The van der Waals surface area contributed by atoms with Crippen molar-refractivity contribution in [1.29, 1.82) is 0 Å². The summed E-state index contributed by atoms with van der Waals surface area (Å²) < 4.78 is 54.3. The van der Waals surface area contributed by atoms with Crippen LogP contribution in [0.3, 0.4) is 0 Å². The molecule has 4 aromatic carbocycles. The van der Waals surface area contributed by atoms with Gasteiger partial charge in [0.25, 0.3) is 5.91 Å². The number of ether oxygens (including phenoxy) is 7. The zero-order valence-electron chi connectivity index (χ0n) is 39.1. The molecule has 21 heteroatoms. The third kappa shape index (κ3) is 14.0. The number of carbonyl (C=O) groups excluding carboxylic acids is 2. The van der Waals surface area contributed by atoms with E-state index in [9.17, 15) is 34.2 Å². The van der Waals surface area contributed by atoms with E-state index in [0.717, 1.165) is 16.3 Å². The van der Waals surface area contributed by atoms with Crippen molar-refractivity contribution in [1.82, 2.24) is 10.3 Å². The van der Waals surface area contributed by atoms with Gasteiger partial charge in [-0.1, -0.05) is 45.0 Å². The van der Waals surface area contributed by atoms with Gasteiger partial charge >= 0.3 is 6.03 Å². The maximum absolute atomic E-state index is 13.5. The zero-order valence-corrected chi connectivity index (χ0v) is 40.0. The van der Waals surface area contributed by atoms with Crippen LogP contribution in [0, 0.1) is 0 Å². The van der Waals surface area contributed by atoms with Crippen LogP contribution in [0.4, 0.5) is 33.4 Å². The number of aliphatic hydroxyl groups excluding tert-OH is 4. The number of fused-ring (bicyclic) bond motifs is 1. The first kappa shape index (κ1) is 52.2. The number of hydrogen-bond donors (Lipinski definition) is 9. The molecule has 1 fully saturated rings. The molecule has 0 spiro atoms. The summed E-state index contributed by atoms with van der Waals surface area (Å²) in [5.41, 5.74) is 2.96. The number of nitrogens with zero attached hydrogens (tertiary/aromatic N) is 1. The maximum atomic E-state index is 13.5. The molecule has 1 aromatic heterocycles. The third-order valence-corrected chi connectivity index (χ3v) is 11.2. The van der Waals surface area contributed by atoms with Crippen molar-refractivity contribution >= 4 is 62.3 Å². The van der Waals surface area contributed by atoms with Crippen LogP contribution in [0.5, 0.6) is 23.0 Å². The highest BCUT2D eigenvalue weighted by Crippen LogP contribution is 2.40. The quantitative estimate of drug-likeness (QED) is 0.0413. The Labute approximate surface area is 402 Å². The van der Waals surface area contributed by atoms with Gasteiger partial charge in [-0.2, -0.15) is 0 Å². The van der Waals surface area contributed by atoms with Crippen molar-refractivity contribution in [3.05, 3.63) is 96.2 Å². The summed E-state index contributed by atoms with van der Waals surface area (Å²) in [6.07, 6.45) is -3.65. The van der Waals surface area contributed by atoms with Gasteiger partial charge in [0.2, 0.25) is 0 Å². The summed E-state index contributed by atoms with van der Waals surface area (Å²) in [6.45, 7) is 6.60. The number of urea groups is 1. The highest BCUT2D eigenvalue weighted by molar-refractivity contribution is 7.85. The summed E-state index contributed by atoms with van der Waals surface area (Å²) in [4.78, 5) is 31.0. The van der Waals surface area contributed by atoms with Crippen LogP contribution in [0.1, 0.15) is 36.7 Å². The van der Waals surface area contributed by atoms with E-state index in [1.54, 1.807) is 48.7 Å². The number of methoxy groups -OCH3 is 2. The molecule has 9 N–H and O–H groups in total. The largest absolute Gasteiger partial charge is 0.496 e. The van der Waals surface area contributed by atoms with Gasteiger partial charge in [0.1, 0.15) is 58.5 Å². The molecule has 1 aliphatic rings. The predicted octanol–water partition coefficient (Wildman–Crippen LogP) is 5.01. The van der Waals surface area contributed by atoms with Crippen molar-refractivity contribution in [3.63, 3.8) is 0 Å². The van der Waals surface area contributed by atoms with Gasteiger partial charge in [0.15, 0.2) is 12.0 Å². The molecule has 0 saturated carbocycles. The Morgan fingerprint density at radius 1 is 0.783 bits per heavy atom. The van der Waals surface area contributed by atoms with E-state index >= 15 is 0 Å². The SMILES string of the molecule is COc1cc(Nc2cc(Oc3ccc(NC(=O)Nc4cc(C(C)(C)C)cc(NS(C)=O)c4OC)c4ccccc34)ccn2)ccc1C(=O)NCCOCCOCCOC1O[C@H](CO)[C@H](O)[C@H](O)[C@H]1O. The molecule has 3 amide bonds. The van der Waals surface area contributed by atoms with Crippen molar-refractivity contribution in [3.8, 4) is 23.0 Å². The Balaban J connectivity index is 0.991. The van der Waals surface area contributed by atoms with Crippen LogP contribution >= 0.6 is 0 Å². The van der Waals surface area contributed by atoms with Gasteiger partial charge in [-0.15, -0.1) is 0 Å². The van der Waals surface area contributed by atoms with Gasteiger partial charge in [-0.05, 0) is 53.4 Å². The molecule has 69 heavy (non-hydrogen) atoms. The number of nitrogens with one attached hydrogen (secondary N) is 5. The number of pyridine rings is 1. The molecule has 0 bridgehead atoms. The minimum atomic E-state index is -1.52. The Kier molecular flexibility index (Phi) is 18.5. The van der Waals surface area contributed by atoms with E-state index in [0.29, 0.717) is 57.1 Å². The van der Waals surface area contributed by atoms with Crippen molar-refractivity contribution in [2.45, 2.75) is 56.9 Å². The topological polar surface area (TPSA) is 270 Å². The van der Waals surface area contributed by atoms with Gasteiger partial charge < -0.3 is 79.6 Å². The molecule has 2 heterocycles. The molecule has 20 nitrogen and oxygen atoms in total. The Morgan fingerprint density at radius 3 is 2.20 bits per heavy atom. The predicted molar refractivity (Wildman–Crippen MR) is 260 cm³/mol. The van der Waals surface area contributed by atoms with Gasteiger partial charge in [0, 0.05) is 47.6 Å². The fraction of sp³-hybridized carbons (Fsp3) is 0.396. The first-order valence-corrected chi connectivity index (χ1v) is 23.5. The molecule has 1 aliphatic heterocycles. The van der Waals surface area contributed by atoms with E-state index in [2.05, 4.69) is 31.0 Å². The average Bonchev–Trinajstić information content (AvgIpc) is 3.32. The molecule has 5 aromatic rings. The second-order valence-electron chi connectivity index (χ2n) is 16.7. The number of amides is 3. The fourth-order valence-corrected chi connectivity index (χ4v) is 7.67. The number of benzene rings is 4. The number of carbonyl (C=O) groups is 2. The van der Waals surface area contributed by atoms with Crippen LogP contribution in [0.2, 0.25) is 0 Å². The van der Waals surface area contributed by atoms with E-state index in [4.69, 9.17) is 33.2 Å². The summed E-state index contributed by atoms with van der Waals surface area (Å²) >= 11 is 0. The minimum Gasteiger partial charge on any atom is -0.496 e. The molecule has 372 valence electrons. The van der Waals surface area contributed by atoms with Crippen molar-refractivity contribution < 1.29 is 67.4 Å². The second kappa shape index (κ2) is 24.4. The summed E-state index contributed by atoms with van der Waals surface area (Å²) in [5.74, 6) is 1.78. The van der Waals surface area contributed by atoms with Gasteiger partial charge in [-0.3, -0.25) is 4.79 Å². The van der Waals surface area contributed by atoms with Gasteiger partial charge in [-0.25, -0.2) is 14.0 Å². The van der Waals surface area contributed by atoms with Crippen LogP contribution in [0.25, 0.3) is 10.8 Å². The first-order valence-electron chi connectivity index (χ1n) is 22.0. The number of rotatable bonds is 22. The molecule has 0 aliphatic carbocycles. The highest BCUT2D eigenvalue weighted by atomic mass is 32.2. The summed E-state index contributed by atoms with van der Waals surface area (Å²) in [5, 5.41) is 52.4. The maximum Gasteiger partial charge on any atom is 0.323 e. The molecular formula is C48H60N6O14S. The highest BCUT2D eigenvalue weighted by Gasteiger charge is 2.44. The summed E-state index contributed by atoms with van der Waals surface area (Å²) in [7, 11) is 1.56. The van der Waals surface area contributed by atoms with Crippen molar-refractivity contribution in [2.75, 3.05) is 87.3 Å². The minimum absolute atomic E-state index is 0.0159. The number of hydrogen-bond acceptors (Lipinski definition) is 16. The van der Waals surface area contributed by atoms with E-state index in [1.165, 1.54) is 20.5 Å². The van der Waals surface area contributed by atoms with Crippen LogP contribution in [-0.2, 0) is 35.3 Å². The van der Waals surface area contributed by atoms with Crippen LogP contribution in [-0.4, -0.2) is 139 Å². The Hall–Kier alpha value is -6.14. The Morgan fingerprint density at radius 2 is 1.49 bits per heavy atom. The molecular weight excluding hydrogens is 917 g/mol. The van der Waals surface area contributed by atoms with Crippen LogP contribution < -0.4 is 40.2 Å². The summed E-state index contributed by atoms with van der Waals surface area (Å²) in [6, 6.07) is 22.7. The van der Waals surface area contributed by atoms with E-state index in [-0.39, 0.29) is 50.9 Å². The third-order valence-electron chi connectivity index (χ3n) is 10.7. The van der Waals surface area contributed by atoms with Crippen LogP contribution in [0.15, 0.2) is 85.1 Å². The smallest absolute Gasteiger partial charge is 0.323 e. The van der Waals surface area contributed by atoms with E-state index < -0.39 is 54.3 Å². The standard InChI is InChI=1S/C48H60N6O14S/c1-48(2,3)28-23-35(44(63-5)36(24-28)54-69(6)61)53-47(60)52-34-13-14-37(32-10-8-7-9-31(32)34)67-30-15-16-49-40(26-30)51-29-11-12-33(38(25-29)62-4)45(59)50-17-18-64-19-20-65-21-22-66-46-43(58)42(57)41(56)39(27-55)68-46/h7-16,23-26,39,41-43,46,54-58H,17-22,27H2,1-6H3,(H,49,51)(H,50,59)(H2,52,53,60)/t39-,41+,42+,43-,46?,69?/m1/s1. The van der Waals surface area contributed by atoms with Gasteiger partial charge in [0.05, 0.1) is 76.5 Å². The molecule has 2 unspecified atom stereocenters. The first-order chi connectivity index (χ1) is 33.1. The number of aliphatic hydroxyl groups is 4. The van der Waals surface area contributed by atoms with E-state index in [1.807, 2.05) is 57.2 Å². The number of anilines is 5. The lowest BCUT2D eigenvalue weighted by molar-refractivity contribution is -0.302. The molecule has 1 saturated heterocycles. The lowest BCUT2D eigenvalue weighted by Gasteiger charge is -2.39. The lowest BCUT2D eigenvalue weighted by atomic mass is 9.86. The second-order valence-corrected chi connectivity index (χ2v) is 17.8. The fourth-order valence-electron chi connectivity index (χ4n) is 7.21. The molecule has 6 rings (SSSR count). The average molecular weight is 977 g/mol. The lowest BCUT2D eigenvalue weighted by Crippen LogP contribution is -2.59. The number of aromatic nitrogens is 1. The Bertz CT molecular complexity index is 2560. The monoisotopic (exact) mass is 976 g/mol. The normalized spacial score (nSPS) is 18.5.